The Bertz CT molecular complexity index is 391. The smallest absolute Gasteiger partial charge is 0.130 e. The van der Waals surface area contributed by atoms with Gasteiger partial charge in [0.1, 0.15) is 5.49 Å². The summed E-state index contributed by atoms with van der Waals surface area (Å²) >= 11 is 0. The summed E-state index contributed by atoms with van der Waals surface area (Å²) in [6.07, 6.45) is 1.92. The highest BCUT2D eigenvalue weighted by molar-refractivity contribution is 5.19. The zero-order valence-electron chi connectivity index (χ0n) is 9.39. The van der Waals surface area contributed by atoms with Crippen molar-refractivity contribution in [2.24, 2.45) is 4.99 Å². The lowest BCUT2D eigenvalue weighted by Gasteiger charge is -2.18. The molecule has 0 amide bonds. The molecule has 0 saturated heterocycles. The number of hydrogen-bond donors (Lipinski definition) is 1. The molecule has 0 saturated carbocycles. The molecule has 0 radical (unpaired) electrons. The molecule has 0 spiro atoms. The van der Waals surface area contributed by atoms with Crippen LogP contribution in [0, 0.1) is 0 Å². The van der Waals surface area contributed by atoms with Crippen LogP contribution in [0.4, 0.5) is 0 Å². The van der Waals surface area contributed by atoms with Gasteiger partial charge in [-0.25, -0.2) is 4.99 Å². The average Bonchev–Trinajstić information content (AvgIpc) is 2.01. The van der Waals surface area contributed by atoms with Crippen molar-refractivity contribution in [1.82, 2.24) is 4.98 Å². The molecule has 1 aromatic heterocycles. The second-order valence-electron chi connectivity index (χ2n) is 4.56. The van der Waals surface area contributed by atoms with Gasteiger partial charge in [0, 0.05) is 11.9 Å². The van der Waals surface area contributed by atoms with Crippen LogP contribution in [-0.4, -0.2) is 4.98 Å². The zero-order chi connectivity index (χ0) is 10.8. The van der Waals surface area contributed by atoms with Crippen molar-refractivity contribution >= 4 is 0 Å². The van der Waals surface area contributed by atoms with Crippen LogP contribution in [-0.2, 0) is 5.41 Å². The van der Waals surface area contributed by atoms with Gasteiger partial charge in [-0.1, -0.05) is 27.4 Å². The number of rotatable bonds is 1. The van der Waals surface area contributed by atoms with E-state index >= 15 is 0 Å². The normalized spacial score (nSPS) is 13.0. The van der Waals surface area contributed by atoms with E-state index in [9.17, 15) is 0 Å². The van der Waals surface area contributed by atoms with E-state index < -0.39 is 0 Å². The third-order valence-electron chi connectivity index (χ3n) is 1.96. The highest BCUT2D eigenvalue weighted by Crippen LogP contribution is 2.19. The molecule has 1 rings (SSSR count). The number of pyridine rings is 1. The standard InChI is InChI=1S/C12H18N2/c1-9(2)14-11-8-10(6-7-13-11)12(3,4)5/h6-8H,1H2,2-5H3,(H,13,14). The number of nitrogens with one attached hydrogen (secondary N) is 1. The molecule has 76 valence electrons. The summed E-state index contributed by atoms with van der Waals surface area (Å²) in [6.45, 7) is 12.2. The van der Waals surface area contributed by atoms with E-state index in [4.69, 9.17) is 0 Å². The van der Waals surface area contributed by atoms with Gasteiger partial charge in [-0.3, -0.25) is 0 Å². The zero-order valence-corrected chi connectivity index (χ0v) is 9.39. The first kappa shape index (κ1) is 10.8. The number of aromatic nitrogens is 1. The fourth-order valence-corrected chi connectivity index (χ4v) is 1.19. The Morgan fingerprint density at radius 1 is 1.43 bits per heavy atom. The molecular formula is C12H18N2. The molecule has 0 aliphatic heterocycles. The van der Waals surface area contributed by atoms with E-state index in [0.717, 1.165) is 11.2 Å². The maximum absolute atomic E-state index is 4.28. The fraction of sp³-hybridized carbons (Fsp3) is 0.417. The van der Waals surface area contributed by atoms with Crippen molar-refractivity contribution in [3.05, 3.63) is 41.7 Å². The summed E-state index contributed by atoms with van der Waals surface area (Å²) in [7, 11) is 0. The van der Waals surface area contributed by atoms with Gasteiger partial charge in [0.15, 0.2) is 0 Å². The van der Waals surface area contributed by atoms with Crippen molar-refractivity contribution < 1.29 is 0 Å². The Labute approximate surface area is 85.4 Å². The van der Waals surface area contributed by atoms with Gasteiger partial charge >= 0.3 is 0 Å². The molecule has 0 bridgehead atoms. The summed E-state index contributed by atoms with van der Waals surface area (Å²) in [5, 5.41) is 0. The lowest BCUT2D eigenvalue weighted by atomic mass is 9.88. The van der Waals surface area contributed by atoms with Crippen LogP contribution in [0.5, 0.6) is 0 Å². The highest BCUT2D eigenvalue weighted by Gasteiger charge is 2.12. The van der Waals surface area contributed by atoms with Crippen LogP contribution < -0.4 is 5.49 Å². The average molecular weight is 190 g/mol. The van der Waals surface area contributed by atoms with E-state index in [2.05, 4.69) is 49.5 Å². The predicted octanol–water partition coefficient (Wildman–Crippen LogP) is 2.75. The minimum atomic E-state index is 0.161. The van der Waals surface area contributed by atoms with Crippen molar-refractivity contribution in [3.8, 4) is 0 Å². The quantitative estimate of drug-likeness (QED) is 0.705. The van der Waals surface area contributed by atoms with Crippen molar-refractivity contribution in [2.45, 2.75) is 33.1 Å². The van der Waals surface area contributed by atoms with E-state index in [1.807, 2.05) is 13.1 Å². The lowest BCUT2D eigenvalue weighted by Crippen LogP contribution is -2.16. The lowest BCUT2D eigenvalue weighted by molar-refractivity contribution is 0.588. The highest BCUT2D eigenvalue weighted by atomic mass is 14.8. The van der Waals surface area contributed by atoms with Gasteiger partial charge in [0.25, 0.3) is 0 Å². The number of H-pyrrole nitrogens is 1. The van der Waals surface area contributed by atoms with Crippen LogP contribution in [0.25, 0.3) is 0 Å². The van der Waals surface area contributed by atoms with Crippen LogP contribution in [0.15, 0.2) is 35.6 Å². The SMILES string of the molecule is C=C(C)/N=c1/cc(C(C)(C)C)cc[nH]1. The van der Waals surface area contributed by atoms with Crippen LogP contribution in [0.1, 0.15) is 33.3 Å². The molecule has 2 nitrogen and oxygen atoms in total. The molecule has 1 aromatic rings. The summed E-state index contributed by atoms with van der Waals surface area (Å²) in [5.41, 5.74) is 3.11. The van der Waals surface area contributed by atoms with Crippen LogP contribution >= 0.6 is 0 Å². The third-order valence-corrected chi connectivity index (χ3v) is 1.96. The van der Waals surface area contributed by atoms with Gasteiger partial charge in [-0.05, 0) is 30.0 Å². The number of hydrogen-bond acceptors (Lipinski definition) is 1. The second-order valence-corrected chi connectivity index (χ2v) is 4.56. The molecule has 0 aromatic carbocycles. The molecule has 1 heterocycles. The predicted molar refractivity (Wildman–Crippen MR) is 59.9 cm³/mol. The molecule has 0 unspecified atom stereocenters. The Morgan fingerprint density at radius 2 is 2.07 bits per heavy atom. The fourth-order valence-electron chi connectivity index (χ4n) is 1.19. The topological polar surface area (TPSA) is 28.1 Å². The molecule has 0 aliphatic carbocycles. The molecule has 14 heavy (non-hydrogen) atoms. The van der Waals surface area contributed by atoms with Crippen molar-refractivity contribution in [1.29, 1.82) is 0 Å². The van der Waals surface area contributed by atoms with Crippen LogP contribution in [0.3, 0.4) is 0 Å². The first-order valence-corrected chi connectivity index (χ1v) is 4.79. The molecule has 1 N–H and O–H groups in total. The van der Waals surface area contributed by atoms with Gasteiger partial charge in [0.05, 0.1) is 0 Å². The largest absolute Gasteiger partial charge is 0.347 e. The maximum Gasteiger partial charge on any atom is 0.130 e. The van der Waals surface area contributed by atoms with E-state index in [1.165, 1.54) is 5.56 Å². The second kappa shape index (κ2) is 3.82. The number of aromatic amines is 1. The third kappa shape index (κ3) is 2.87. The summed E-state index contributed by atoms with van der Waals surface area (Å²) in [4.78, 5) is 7.37. The maximum atomic E-state index is 4.28. The first-order chi connectivity index (χ1) is 6.39. The Morgan fingerprint density at radius 3 is 2.57 bits per heavy atom. The Balaban J connectivity index is 3.21. The van der Waals surface area contributed by atoms with Gasteiger partial charge in [-0.15, -0.1) is 0 Å². The number of allylic oxidation sites excluding steroid dienone is 1. The van der Waals surface area contributed by atoms with E-state index in [1.54, 1.807) is 0 Å². The molecule has 0 atom stereocenters. The molecule has 0 aliphatic rings. The van der Waals surface area contributed by atoms with E-state index in [0.29, 0.717) is 0 Å². The summed E-state index contributed by atoms with van der Waals surface area (Å²) in [5.74, 6) is 0. The minimum Gasteiger partial charge on any atom is -0.347 e. The molecule has 2 heteroatoms. The van der Waals surface area contributed by atoms with Crippen molar-refractivity contribution in [3.63, 3.8) is 0 Å². The first-order valence-electron chi connectivity index (χ1n) is 4.79. The summed E-state index contributed by atoms with van der Waals surface area (Å²) in [6, 6.07) is 4.14. The van der Waals surface area contributed by atoms with Gasteiger partial charge in [-0.2, -0.15) is 0 Å². The molecular weight excluding hydrogens is 172 g/mol. The van der Waals surface area contributed by atoms with E-state index in [-0.39, 0.29) is 5.41 Å². The molecule has 0 fully saturated rings. The minimum absolute atomic E-state index is 0.161. The monoisotopic (exact) mass is 190 g/mol. The Hall–Kier alpha value is -1.31. The van der Waals surface area contributed by atoms with Crippen LogP contribution in [0.2, 0.25) is 0 Å². The summed E-state index contributed by atoms with van der Waals surface area (Å²) < 4.78 is 0. The van der Waals surface area contributed by atoms with Gasteiger partial charge in [0.2, 0.25) is 0 Å². The van der Waals surface area contributed by atoms with Gasteiger partial charge < -0.3 is 4.98 Å². The van der Waals surface area contributed by atoms with Crippen molar-refractivity contribution in [2.75, 3.05) is 0 Å². The Kier molecular flexibility index (Phi) is 2.94. The number of nitrogens with zero attached hydrogens (tertiary/aromatic N) is 1.